The van der Waals surface area contributed by atoms with Gasteiger partial charge in [-0.1, -0.05) is 28.8 Å². The first kappa shape index (κ1) is 14.6. The van der Waals surface area contributed by atoms with Gasteiger partial charge in [-0.25, -0.2) is 4.98 Å². The van der Waals surface area contributed by atoms with Crippen LogP contribution in [0.5, 0.6) is 0 Å². The standard InChI is InChI=1S/C16H19BrN2O2/c1-2-19-14-8-7-10(17)9-13(14)18-15(19)11-5-3-4-6-12(11)16(20)21/h7-9,11-12H,2-6H2,1H3,(H,20,21). The molecular formula is C16H19BrN2O2. The first-order valence-corrected chi connectivity index (χ1v) is 8.29. The fourth-order valence-corrected chi connectivity index (χ4v) is 3.82. The molecule has 0 bridgehead atoms. The second-order valence-electron chi connectivity index (χ2n) is 5.68. The zero-order valence-electron chi connectivity index (χ0n) is 12.1. The van der Waals surface area contributed by atoms with Crippen LogP contribution in [-0.2, 0) is 11.3 Å². The number of hydrogen-bond acceptors (Lipinski definition) is 2. The van der Waals surface area contributed by atoms with Crippen molar-refractivity contribution in [2.75, 3.05) is 0 Å². The third-order valence-electron chi connectivity index (χ3n) is 4.47. The van der Waals surface area contributed by atoms with E-state index in [9.17, 15) is 9.90 Å². The van der Waals surface area contributed by atoms with Crippen LogP contribution in [0.1, 0.15) is 44.3 Å². The van der Waals surface area contributed by atoms with E-state index in [2.05, 4.69) is 33.5 Å². The van der Waals surface area contributed by atoms with Gasteiger partial charge in [-0.2, -0.15) is 0 Å². The number of carbonyl (C=O) groups is 1. The van der Waals surface area contributed by atoms with Gasteiger partial charge in [0, 0.05) is 16.9 Å². The molecule has 1 aliphatic carbocycles. The van der Waals surface area contributed by atoms with Crippen molar-refractivity contribution in [2.45, 2.75) is 45.1 Å². The highest BCUT2D eigenvalue weighted by Crippen LogP contribution is 2.39. The maximum absolute atomic E-state index is 11.6. The molecule has 1 fully saturated rings. The second kappa shape index (κ2) is 5.79. The molecule has 3 rings (SSSR count). The van der Waals surface area contributed by atoms with Gasteiger partial charge in [0.2, 0.25) is 0 Å². The van der Waals surface area contributed by atoms with Gasteiger partial charge in [0.25, 0.3) is 0 Å². The van der Waals surface area contributed by atoms with E-state index in [4.69, 9.17) is 4.98 Å². The van der Waals surface area contributed by atoms with Crippen LogP contribution in [-0.4, -0.2) is 20.6 Å². The van der Waals surface area contributed by atoms with Crippen LogP contribution in [0.15, 0.2) is 22.7 Å². The summed E-state index contributed by atoms with van der Waals surface area (Å²) in [6.07, 6.45) is 3.77. The molecule has 1 aromatic heterocycles. The number of aryl methyl sites for hydroxylation is 1. The summed E-state index contributed by atoms with van der Waals surface area (Å²) >= 11 is 3.48. The Morgan fingerprint density at radius 2 is 2.19 bits per heavy atom. The van der Waals surface area contributed by atoms with Gasteiger partial charge in [-0.15, -0.1) is 0 Å². The Morgan fingerprint density at radius 1 is 1.43 bits per heavy atom. The fraction of sp³-hybridized carbons (Fsp3) is 0.500. The largest absolute Gasteiger partial charge is 0.481 e. The minimum atomic E-state index is -0.685. The molecule has 112 valence electrons. The maximum atomic E-state index is 11.6. The number of aromatic nitrogens is 2. The molecule has 0 aliphatic heterocycles. The number of imidazole rings is 1. The van der Waals surface area contributed by atoms with Crippen molar-refractivity contribution in [3.63, 3.8) is 0 Å². The summed E-state index contributed by atoms with van der Waals surface area (Å²) < 4.78 is 3.17. The average molecular weight is 351 g/mol. The highest BCUT2D eigenvalue weighted by Gasteiger charge is 2.35. The molecule has 4 nitrogen and oxygen atoms in total. The van der Waals surface area contributed by atoms with E-state index in [0.717, 1.165) is 53.6 Å². The van der Waals surface area contributed by atoms with Crippen LogP contribution in [0.4, 0.5) is 0 Å². The topological polar surface area (TPSA) is 55.1 Å². The highest BCUT2D eigenvalue weighted by molar-refractivity contribution is 9.10. The molecule has 1 saturated carbocycles. The predicted molar refractivity (Wildman–Crippen MR) is 85.4 cm³/mol. The van der Waals surface area contributed by atoms with Gasteiger partial charge in [0.1, 0.15) is 5.82 Å². The van der Waals surface area contributed by atoms with Gasteiger partial charge in [-0.05, 0) is 38.0 Å². The summed E-state index contributed by atoms with van der Waals surface area (Å²) in [5.41, 5.74) is 2.03. The molecule has 21 heavy (non-hydrogen) atoms. The number of carboxylic acid groups (broad SMARTS) is 1. The third kappa shape index (κ3) is 2.59. The summed E-state index contributed by atoms with van der Waals surface area (Å²) in [4.78, 5) is 16.3. The van der Waals surface area contributed by atoms with Gasteiger partial charge in [0.05, 0.1) is 17.0 Å². The van der Waals surface area contributed by atoms with Crippen LogP contribution < -0.4 is 0 Å². The zero-order valence-corrected chi connectivity index (χ0v) is 13.6. The van der Waals surface area contributed by atoms with Crippen molar-refractivity contribution in [1.29, 1.82) is 0 Å². The molecule has 2 unspecified atom stereocenters. The van der Waals surface area contributed by atoms with Crippen LogP contribution in [0, 0.1) is 5.92 Å². The minimum absolute atomic E-state index is 0.0300. The lowest BCUT2D eigenvalue weighted by atomic mass is 9.78. The number of benzene rings is 1. The summed E-state index contributed by atoms with van der Waals surface area (Å²) in [6, 6.07) is 6.07. The number of carboxylic acids is 1. The third-order valence-corrected chi connectivity index (χ3v) is 4.96. The normalized spacial score (nSPS) is 22.6. The van der Waals surface area contributed by atoms with Crippen molar-refractivity contribution in [2.24, 2.45) is 5.92 Å². The Kier molecular flexibility index (Phi) is 4.02. The Morgan fingerprint density at radius 3 is 2.90 bits per heavy atom. The molecular weight excluding hydrogens is 332 g/mol. The van der Waals surface area contributed by atoms with Crippen molar-refractivity contribution >= 4 is 32.9 Å². The minimum Gasteiger partial charge on any atom is -0.481 e. The number of rotatable bonds is 3. The molecule has 1 aliphatic rings. The van der Waals surface area contributed by atoms with E-state index < -0.39 is 5.97 Å². The van der Waals surface area contributed by atoms with Crippen LogP contribution in [0.25, 0.3) is 11.0 Å². The molecule has 0 amide bonds. The monoisotopic (exact) mass is 350 g/mol. The lowest BCUT2D eigenvalue weighted by molar-refractivity contribution is -0.143. The molecule has 0 spiro atoms. The van der Waals surface area contributed by atoms with Crippen molar-refractivity contribution < 1.29 is 9.90 Å². The zero-order chi connectivity index (χ0) is 15.0. The van der Waals surface area contributed by atoms with Gasteiger partial charge in [0.15, 0.2) is 0 Å². The molecule has 2 aromatic rings. The molecule has 2 atom stereocenters. The maximum Gasteiger partial charge on any atom is 0.307 e. The van der Waals surface area contributed by atoms with Crippen molar-refractivity contribution in [3.8, 4) is 0 Å². The first-order chi connectivity index (χ1) is 10.1. The van der Waals surface area contributed by atoms with E-state index in [1.807, 2.05) is 12.1 Å². The van der Waals surface area contributed by atoms with Crippen LogP contribution >= 0.6 is 15.9 Å². The molecule has 5 heteroatoms. The van der Waals surface area contributed by atoms with Crippen LogP contribution in [0.2, 0.25) is 0 Å². The Balaban J connectivity index is 2.11. The van der Waals surface area contributed by atoms with E-state index >= 15 is 0 Å². The second-order valence-corrected chi connectivity index (χ2v) is 6.60. The molecule has 1 heterocycles. The summed E-state index contributed by atoms with van der Waals surface area (Å²) in [6.45, 7) is 2.90. The lowest BCUT2D eigenvalue weighted by Crippen LogP contribution is -2.27. The Bertz CT molecular complexity index is 680. The van der Waals surface area contributed by atoms with Crippen molar-refractivity contribution in [1.82, 2.24) is 9.55 Å². The van der Waals surface area contributed by atoms with E-state index in [0.29, 0.717) is 0 Å². The number of fused-ring (bicyclic) bond motifs is 1. The van der Waals surface area contributed by atoms with E-state index in [1.54, 1.807) is 0 Å². The number of nitrogens with zero attached hydrogens (tertiary/aromatic N) is 2. The summed E-state index contributed by atoms with van der Waals surface area (Å²) in [5, 5.41) is 9.51. The van der Waals surface area contributed by atoms with Gasteiger partial charge < -0.3 is 9.67 Å². The van der Waals surface area contributed by atoms with Gasteiger partial charge >= 0.3 is 5.97 Å². The molecule has 0 saturated heterocycles. The van der Waals surface area contributed by atoms with Gasteiger partial charge in [-0.3, -0.25) is 4.79 Å². The fourth-order valence-electron chi connectivity index (χ4n) is 3.47. The number of halogens is 1. The number of aliphatic carboxylic acids is 1. The Labute approximate surface area is 132 Å². The Hall–Kier alpha value is -1.36. The summed E-state index contributed by atoms with van der Waals surface area (Å²) in [7, 11) is 0. The first-order valence-electron chi connectivity index (χ1n) is 7.50. The SMILES string of the molecule is CCn1c(C2CCCCC2C(=O)O)nc2cc(Br)ccc21. The average Bonchev–Trinajstić information content (AvgIpc) is 2.84. The lowest BCUT2D eigenvalue weighted by Gasteiger charge is -2.28. The van der Waals surface area contributed by atoms with Crippen molar-refractivity contribution in [3.05, 3.63) is 28.5 Å². The van der Waals surface area contributed by atoms with E-state index in [-0.39, 0.29) is 11.8 Å². The highest BCUT2D eigenvalue weighted by atomic mass is 79.9. The molecule has 1 aromatic carbocycles. The van der Waals surface area contributed by atoms with Crippen LogP contribution in [0.3, 0.4) is 0 Å². The summed E-state index contributed by atoms with van der Waals surface area (Å²) in [5.74, 6) is -0.0139. The predicted octanol–water partition coefficient (Wildman–Crippen LogP) is 4.18. The number of hydrogen-bond donors (Lipinski definition) is 1. The molecule has 1 N–H and O–H groups in total. The quantitative estimate of drug-likeness (QED) is 0.903. The van der Waals surface area contributed by atoms with E-state index in [1.165, 1.54) is 0 Å². The smallest absolute Gasteiger partial charge is 0.307 e. The molecule has 0 radical (unpaired) electrons.